The summed E-state index contributed by atoms with van der Waals surface area (Å²) in [5.41, 5.74) is 1.96. The van der Waals surface area contributed by atoms with Gasteiger partial charge in [-0.2, -0.15) is 0 Å². The van der Waals surface area contributed by atoms with Crippen LogP contribution in [0.15, 0.2) is 18.2 Å². The normalized spacial score (nSPS) is 12.2. The first kappa shape index (κ1) is 16.3. The molecule has 0 aliphatic rings. The lowest BCUT2D eigenvalue weighted by Gasteiger charge is -2.29. The molecule has 1 heterocycles. The fourth-order valence-corrected chi connectivity index (χ4v) is 2.77. The van der Waals surface area contributed by atoms with E-state index in [1.807, 2.05) is 25.2 Å². The molecule has 0 saturated carbocycles. The van der Waals surface area contributed by atoms with Crippen LogP contribution in [0.3, 0.4) is 0 Å². The molecule has 0 saturated heterocycles. The second-order valence-electron chi connectivity index (χ2n) is 5.69. The predicted molar refractivity (Wildman–Crippen MR) is 87.5 cm³/mol. The summed E-state index contributed by atoms with van der Waals surface area (Å²) in [7, 11) is 2.01. The first-order valence-corrected chi connectivity index (χ1v) is 7.85. The molecule has 116 valence electrons. The van der Waals surface area contributed by atoms with Crippen LogP contribution in [-0.2, 0) is 13.6 Å². The van der Waals surface area contributed by atoms with E-state index in [0.29, 0.717) is 11.6 Å². The number of halogens is 1. The van der Waals surface area contributed by atoms with Crippen molar-refractivity contribution in [1.29, 1.82) is 0 Å². The third kappa shape index (κ3) is 3.39. The van der Waals surface area contributed by atoms with Crippen molar-refractivity contribution in [2.24, 2.45) is 12.5 Å². The molecular formula is C16H24ClN3O. The molecule has 1 aromatic carbocycles. The first-order chi connectivity index (χ1) is 10.0. The predicted octanol–water partition coefficient (Wildman–Crippen LogP) is 3.12. The summed E-state index contributed by atoms with van der Waals surface area (Å²) in [5, 5.41) is 13.7. The van der Waals surface area contributed by atoms with Gasteiger partial charge in [0, 0.05) is 30.6 Å². The number of nitrogens with zero attached hydrogens (tertiary/aromatic N) is 2. The zero-order chi connectivity index (χ0) is 15.5. The topological polar surface area (TPSA) is 50.1 Å². The van der Waals surface area contributed by atoms with Crippen molar-refractivity contribution >= 4 is 22.6 Å². The average molecular weight is 310 g/mol. The number of benzene rings is 1. The van der Waals surface area contributed by atoms with Crippen molar-refractivity contribution in [1.82, 2.24) is 14.9 Å². The zero-order valence-electron chi connectivity index (χ0n) is 13.0. The lowest BCUT2D eigenvalue weighted by Crippen LogP contribution is -2.36. The number of hydrogen-bond acceptors (Lipinski definition) is 3. The van der Waals surface area contributed by atoms with E-state index in [9.17, 15) is 5.11 Å². The van der Waals surface area contributed by atoms with Gasteiger partial charge in [0.05, 0.1) is 17.6 Å². The maximum atomic E-state index is 9.60. The summed E-state index contributed by atoms with van der Waals surface area (Å²) in [5.74, 6) is 0.978. The molecule has 2 aromatic rings. The SMILES string of the molecule is CCC(CC)(CO)CNCc1nc2cc(Cl)ccc2n1C. The van der Waals surface area contributed by atoms with Crippen molar-refractivity contribution in [3.05, 3.63) is 29.0 Å². The van der Waals surface area contributed by atoms with Gasteiger partial charge >= 0.3 is 0 Å². The fourth-order valence-electron chi connectivity index (χ4n) is 2.60. The van der Waals surface area contributed by atoms with E-state index in [1.54, 1.807) is 0 Å². The number of imidazole rings is 1. The Kier molecular flexibility index (Phi) is 5.25. The Morgan fingerprint density at radius 3 is 2.67 bits per heavy atom. The zero-order valence-corrected chi connectivity index (χ0v) is 13.7. The second-order valence-corrected chi connectivity index (χ2v) is 6.13. The molecule has 2 N–H and O–H groups in total. The van der Waals surface area contributed by atoms with Crippen molar-refractivity contribution in [3.8, 4) is 0 Å². The van der Waals surface area contributed by atoms with E-state index in [0.717, 1.165) is 36.2 Å². The van der Waals surface area contributed by atoms with Gasteiger partial charge in [-0.3, -0.25) is 0 Å². The maximum Gasteiger partial charge on any atom is 0.123 e. The highest BCUT2D eigenvalue weighted by Gasteiger charge is 2.24. The van der Waals surface area contributed by atoms with Crippen LogP contribution in [0.2, 0.25) is 5.02 Å². The number of nitrogens with one attached hydrogen (secondary N) is 1. The quantitative estimate of drug-likeness (QED) is 0.826. The van der Waals surface area contributed by atoms with E-state index in [-0.39, 0.29) is 12.0 Å². The number of aryl methyl sites for hydroxylation is 1. The largest absolute Gasteiger partial charge is 0.396 e. The summed E-state index contributed by atoms with van der Waals surface area (Å²) >= 11 is 6.01. The van der Waals surface area contributed by atoms with Crippen LogP contribution in [0.4, 0.5) is 0 Å². The van der Waals surface area contributed by atoms with Crippen molar-refractivity contribution in [3.63, 3.8) is 0 Å². The first-order valence-electron chi connectivity index (χ1n) is 7.47. The molecule has 5 heteroatoms. The van der Waals surface area contributed by atoms with Gasteiger partial charge in [-0.15, -0.1) is 0 Å². The number of aliphatic hydroxyl groups excluding tert-OH is 1. The fraction of sp³-hybridized carbons (Fsp3) is 0.562. The minimum atomic E-state index is -0.0338. The Labute approximate surface area is 131 Å². The van der Waals surface area contributed by atoms with Crippen LogP contribution in [0.1, 0.15) is 32.5 Å². The highest BCUT2D eigenvalue weighted by atomic mass is 35.5. The van der Waals surface area contributed by atoms with Gasteiger partial charge in [-0.25, -0.2) is 4.98 Å². The standard InChI is InChI=1S/C16H24ClN3O/c1-4-16(5-2,11-21)10-18-9-15-19-13-8-12(17)6-7-14(13)20(15)3/h6-8,18,21H,4-5,9-11H2,1-3H3. The van der Waals surface area contributed by atoms with Crippen LogP contribution in [-0.4, -0.2) is 27.8 Å². The van der Waals surface area contributed by atoms with E-state index in [4.69, 9.17) is 11.6 Å². The summed E-state index contributed by atoms with van der Waals surface area (Å²) in [6.07, 6.45) is 1.93. The van der Waals surface area contributed by atoms with Crippen LogP contribution >= 0.6 is 11.6 Å². The summed E-state index contributed by atoms with van der Waals surface area (Å²) < 4.78 is 2.08. The molecule has 4 nitrogen and oxygen atoms in total. The van der Waals surface area contributed by atoms with Crippen LogP contribution in [0.25, 0.3) is 11.0 Å². The van der Waals surface area contributed by atoms with Crippen molar-refractivity contribution in [2.45, 2.75) is 33.2 Å². The Morgan fingerprint density at radius 1 is 1.33 bits per heavy atom. The molecule has 0 aliphatic heterocycles. The van der Waals surface area contributed by atoms with Gasteiger partial charge in [0.2, 0.25) is 0 Å². The molecule has 0 atom stereocenters. The number of aromatic nitrogens is 2. The molecule has 0 spiro atoms. The van der Waals surface area contributed by atoms with E-state index >= 15 is 0 Å². The van der Waals surface area contributed by atoms with Gasteiger partial charge in [0.15, 0.2) is 0 Å². The van der Waals surface area contributed by atoms with Gasteiger partial charge in [0.25, 0.3) is 0 Å². The van der Waals surface area contributed by atoms with Gasteiger partial charge < -0.3 is 15.0 Å². The van der Waals surface area contributed by atoms with Gasteiger partial charge in [-0.1, -0.05) is 25.4 Å². The number of fused-ring (bicyclic) bond motifs is 1. The molecule has 0 aliphatic carbocycles. The molecule has 0 unspecified atom stereocenters. The van der Waals surface area contributed by atoms with E-state index in [1.165, 1.54) is 0 Å². The monoisotopic (exact) mass is 309 g/mol. The van der Waals surface area contributed by atoms with Crippen molar-refractivity contribution in [2.75, 3.05) is 13.2 Å². The lowest BCUT2D eigenvalue weighted by atomic mass is 9.83. The summed E-state index contributed by atoms with van der Waals surface area (Å²) in [6, 6.07) is 5.76. The molecule has 0 amide bonds. The maximum absolute atomic E-state index is 9.60. The van der Waals surface area contributed by atoms with E-state index < -0.39 is 0 Å². The third-order valence-electron chi connectivity index (χ3n) is 4.55. The molecule has 0 bridgehead atoms. The third-order valence-corrected chi connectivity index (χ3v) is 4.79. The van der Waals surface area contributed by atoms with Crippen molar-refractivity contribution < 1.29 is 5.11 Å². The molecule has 2 rings (SSSR count). The van der Waals surface area contributed by atoms with E-state index in [2.05, 4.69) is 28.7 Å². The summed E-state index contributed by atoms with van der Waals surface area (Å²) in [4.78, 5) is 4.62. The summed E-state index contributed by atoms with van der Waals surface area (Å²) in [6.45, 7) is 5.94. The molecule has 0 fully saturated rings. The Hall–Kier alpha value is -1.10. The molecular weight excluding hydrogens is 286 g/mol. The molecule has 0 radical (unpaired) electrons. The molecule has 21 heavy (non-hydrogen) atoms. The van der Waals surface area contributed by atoms with Crippen LogP contribution < -0.4 is 5.32 Å². The highest BCUT2D eigenvalue weighted by Crippen LogP contribution is 2.25. The lowest BCUT2D eigenvalue weighted by molar-refractivity contribution is 0.112. The number of aliphatic hydroxyl groups is 1. The van der Waals surface area contributed by atoms with Crippen LogP contribution in [0.5, 0.6) is 0 Å². The van der Waals surface area contributed by atoms with Gasteiger partial charge in [-0.05, 0) is 31.0 Å². The Bertz CT molecular complexity index is 597. The number of hydrogen-bond donors (Lipinski definition) is 2. The smallest absolute Gasteiger partial charge is 0.123 e. The highest BCUT2D eigenvalue weighted by molar-refractivity contribution is 6.31. The molecule has 1 aromatic heterocycles. The Balaban J connectivity index is 2.08. The minimum Gasteiger partial charge on any atom is -0.396 e. The van der Waals surface area contributed by atoms with Crippen LogP contribution in [0, 0.1) is 5.41 Å². The Morgan fingerprint density at radius 2 is 2.05 bits per heavy atom. The van der Waals surface area contributed by atoms with Gasteiger partial charge in [0.1, 0.15) is 5.82 Å². The minimum absolute atomic E-state index is 0.0338. The number of rotatable bonds is 7. The second kappa shape index (κ2) is 6.77. The average Bonchev–Trinajstić information content (AvgIpc) is 2.80.